The molecule has 2 atom stereocenters. The number of hydrogen-bond donors (Lipinski definition) is 2. The first kappa shape index (κ1) is 22.7. The minimum absolute atomic E-state index is 0.0431. The van der Waals surface area contributed by atoms with E-state index in [4.69, 9.17) is 11.6 Å². The summed E-state index contributed by atoms with van der Waals surface area (Å²) in [5.41, 5.74) is 1.48. The van der Waals surface area contributed by atoms with Crippen molar-refractivity contribution in [1.82, 2.24) is 4.90 Å². The lowest BCUT2D eigenvalue weighted by Gasteiger charge is -2.31. The summed E-state index contributed by atoms with van der Waals surface area (Å²) in [6.45, 7) is 3.43. The average Bonchev–Trinajstić information content (AvgIpc) is 2.83. The Balaban J connectivity index is 1.71. The van der Waals surface area contributed by atoms with Crippen molar-refractivity contribution in [2.24, 2.45) is 0 Å². The van der Waals surface area contributed by atoms with Crippen LogP contribution in [0.5, 0.6) is 0 Å². The van der Waals surface area contributed by atoms with Crippen LogP contribution in [0.3, 0.4) is 0 Å². The van der Waals surface area contributed by atoms with E-state index in [2.05, 4.69) is 10.6 Å². The lowest BCUT2D eigenvalue weighted by Crippen LogP contribution is -2.48. The predicted octanol–water partition coefficient (Wildman–Crippen LogP) is 3.50. The highest BCUT2D eigenvalue weighted by Gasteiger charge is 2.31. The van der Waals surface area contributed by atoms with Crippen molar-refractivity contribution in [3.05, 3.63) is 53.3 Å². The van der Waals surface area contributed by atoms with Crippen LogP contribution in [-0.2, 0) is 14.4 Å². The number of halogens is 2. The van der Waals surface area contributed by atoms with E-state index in [0.29, 0.717) is 17.1 Å². The molecule has 0 aromatic heterocycles. The fourth-order valence-corrected chi connectivity index (χ4v) is 3.64. The van der Waals surface area contributed by atoms with Crippen LogP contribution < -0.4 is 15.5 Å². The van der Waals surface area contributed by atoms with E-state index in [0.717, 1.165) is 6.07 Å². The molecule has 1 aliphatic heterocycles. The van der Waals surface area contributed by atoms with Crippen LogP contribution in [0.4, 0.5) is 21.5 Å². The van der Waals surface area contributed by atoms with Gasteiger partial charge in [-0.25, -0.2) is 4.39 Å². The van der Waals surface area contributed by atoms with E-state index in [-0.39, 0.29) is 41.8 Å². The molecule has 0 saturated heterocycles. The smallest absolute Gasteiger partial charge is 0.241 e. The van der Waals surface area contributed by atoms with Crippen LogP contribution in [0.1, 0.15) is 20.3 Å². The Morgan fingerprint density at radius 3 is 2.74 bits per heavy atom. The first-order chi connectivity index (χ1) is 14.7. The number of para-hydroxylation sites is 2. The Bertz CT molecular complexity index is 1020. The number of nitrogens with one attached hydrogen (secondary N) is 2. The van der Waals surface area contributed by atoms with Gasteiger partial charge in [-0.3, -0.25) is 19.3 Å². The van der Waals surface area contributed by atoms with Crippen molar-refractivity contribution in [1.29, 1.82) is 0 Å². The number of hydrogen-bond acceptors (Lipinski definition) is 4. The molecular weight excluding hydrogens is 423 g/mol. The molecular formula is C22H24ClFN4O3. The van der Waals surface area contributed by atoms with Crippen LogP contribution in [0.2, 0.25) is 5.02 Å². The number of benzene rings is 2. The Morgan fingerprint density at radius 1 is 1.32 bits per heavy atom. The van der Waals surface area contributed by atoms with Crippen LogP contribution in [0.25, 0.3) is 0 Å². The van der Waals surface area contributed by atoms with Gasteiger partial charge in [0.1, 0.15) is 5.82 Å². The van der Waals surface area contributed by atoms with Gasteiger partial charge in [0.05, 0.1) is 34.7 Å². The molecule has 0 saturated carbocycles. The molecule has 164 valence electrons. The lowest BCUT2D eigenvalue weighted by atomic mass is 10.1. The van der Waals surface area contributed by atoms with Gasteiger partial charge in [0.15, 0.2) is 0 Å². The molecule has 3 amide bonds. The van der Waals surface area contributed by atoms with Crippen molar-refractivity contribution in [2.75, 3.05) is 29.1 Å². The van der Waals surface area contributed by atoms with Crippen LogP contribution in [-0.4, -0.2) is 48.3 Å². The van der Waals surface area contributed by atoms with Crippen molar-refractivity contribution < 1.29 is 18.8 Å². The van der Waals surface area contributed by atoms with Gasteiger partial charge in [0.2, 0.25) is 17.7 Å². The second-order valence-electron chi connectivity index (χ2n) is 7.59. The van der Waals surface area contributed by atoms with Gasteiger partial charge in [0.25, 0.3) is 0 Å². The van der Waals surface area contributed by atoms with E-state index in [1.54, 1.807) is 48.0 Å². The first-order valence-corrected chi connectivity index (χ1v) is 10.2. The third-order valence-corrected chi connectivity index (χ3v) is 5.55. The summed E-state index contributed by atoms with van der Waals surface area (Å²) in [7, 11) is 1.66. The molecule has 3 rings (SSSR count). The number of carbonyl (C=O) groups excluding carboxylic acids is 3. The summed E-state index contributed by atoms with van der Waals surface area (Å²) >= 11 is 5.97. The zero-order valence-corrected chi connectivity index (χ0v) is 18.2. The van der Waals surface area contributed by atoms with E-state index in [9.17, 15) is 18.8 Å². The Kier molecular flexibility index (Phi) is 6.92. The van der Waals surface area contributed by atoms with E-state index >= 15 is 0 Å². The highest BCUT2D eigenvalue weighted by atomic mass is 35.5. The Labute approximate surface area is 185 Å². The Morgan fingerprint density at radius 2 is 2.03 bits per heavy atom. The van der Waals surface area contributed by atoms with Crippen LogP contribution in [0, 0.1) is 5.82 Å². The minimum atomic E-state index is -0.664. The van der Waals surface area contributed by atoms with E-state index < -0.39 is 11.9 Å². The average molecular weight is 447 g/mol. The summed E-state index contributed by atoms with van der Waals surface area (Å²) in [4.78, 5) is 41.1. The summed E-state index contributed by atoms with van der Waals surface area (Å²) in [5, 5.41) is 5.56. The minimum Gasteiger partial charge on any atom is -0.324 e. The lowest BCUT2D eigenvalue weighted by molar-refractivity contribution is -0.123. The molecule has 31 heavy (non-hydrogen) atoms. The van der Waals surface area contributed by atoms with Crippen molar-refractivity contribution in [3.63, 3.8) is 0 Å². The number of amides is 3. The van der Waals surface area contributed by atoms with Gasteiger partial charge in [-0.2, -0.15) is 0 Å². The van der Waals surface area contributed by atoms with Crippen LogP contribution in [0.15, 0.2) is 42.5 Å². The Hall–Kier alpha value is -2.97. The summed E-state index contributed by atoms with van der Waals surface area (Å²) < 4.78 is 13.2. The zero-order valence-electron chi connectivity index (χ0n) is 17.5. The molecule has 9 heteroatoms. The maximum Gasteiger partial charge on any atom is 0.241 e. The van der Waals surface area contributed by atoms with Gasteiger partial charge in [-0.15, -0.1) is 0 Å². The summed E-state index contributed by atoms with van der Waals surface area (Å²) in [5.74, 6) is -1.28. The zero-order chi connectivity index (χ0) is 22.7. The van der Waals surface area contributed by atoms with E-state index in [1.165, 1.54) is 12.1 Å². The van der Waals surface area contributed by atoms with Gasteiger partial charge in [0, 0.05) is 12.5 Å². The predicted molar refractivity (Wildman–Crippen MR) is 119 cm³/mol. The molecule has 2 aromatic rings. The molecule has 0 fully saturated rings. The number of fused-ring (bicyclic) bond motifs is 1. The third-order valence-electron chi connectivity index (χ3n) is 5.24. The maximum atomic E-state index is 13.2. The molecule has 0 aliphatic carbocycles. The second kappa shape index (κ2) is 9.45. The number of likely N-dealkylation sites (N-methyl/N-ethyl adjacent to an activating group) is 1. The molecule has 0 bridgehead atoms. The molecule has 2 aromatic carbocycles. The highest BCUT2D eigenvalue weighted by molar-refractivity contribution is 6.33. The third kappa shape index (κ3) is 5.21. The first-order valence-electron chi connectivity index (χ1n) is 9.84. The van der Waals surface area contributed by atoms with Crippen molar-refractivity contribution in [3.8, 4) is 0 Å². The summed E-state index contributed by atoms with van der Waals surface area (Å²) in [6.07, 6.45) is 0.170. The van der Waals surface area contributed by atoms with Gasteiger partial charge < -0.3 is 15.5 Å². The van der Waals surface area contributed by atoms with Crippen molar-refractivity contribution in [2.45, 2.75) is 32.4 Å². The normalized spacial score (nSPS) is 16.9. The van der Waals surface area contributed by atoms with E-state index in [1.807, 2.05) is 6.92 Å². The van der Waals surface area contributed by atoms with Crippen molar-refractivity contribution >= 4 is 46.4 Å². The number of rotatable bonds is 5. The number of nitrogens with zero attached hydrogens (tertiary/aromatic N) is 2. The molecule has 0 radical (unpaired) electrons. The van der Waals surface area contributed by atoms with Gasteiger partial charge in [-0.1, -0.05) is 23.7 Å². The number of carbonyl (C=O) groups is 3. The molecule has 0 unspecified atom stereocenters. The molecule has 1 heterocycles. The highest BCUT2D eigenvalue weighted by Crippen LogP contribution is 2.31. The largest absolute Gasteiger partial charge is 0.324 e. The molecule has 1 aliphatic rings. The fraction of sp³-hybridized carbons (Fsp3) is 0.318. The maximum absolute atomic E-state index is 13.2. The standard InChI is InChI=1S/C22H24ClFN4O3/c1-13-10-20(29)25-18-6-4-5-7-19(18)28(13)21(30)12-27(3)14(2)22(31)26-17-9-8-15(24)11-16(17)23/h4-9,11,13-14H,10,12H2,1-3H3,(H,25,29)(H,26,31)/t13-,14-/m0/s1. The van der Waals surface area contributed by atoms with Gasteiger partial charge in [-0.05, 0) is 51.2 Å². The molecule has 0 spiro atoms. The second-order valence-corrected chi connectivity index (χ2v) is 7.99. The van der Waals surface area contributed by atoms with Crippen LogP contribution >= 0.6 is 11.6 Å². The monoisotopic (exact) mass is 446 g/mol. The topological polar surface area (TPSA) is 81.8 Å². The fourth-order valence-electron chi connectivity index (χ4n) is 3.42. The quantitative estimate of drug-likeness (QED) is 0.736. The molecule has 2 N–H and O–H groups in total. The molecule has 7 nitrogen and oxygen atoms in total. The summed E-state index contributed by atoms with van der Waals surface area (Å²) in [6, 6.07) is 9.81. The SMILES string of the molecule is C[C@@H](C(=O)Nc1ccc(F)cc1Cl)N(C)CC(=O)N1c2ccccc2NC(=O)C[C@@H]1C. The van der Waals surface area contributed by atoms with Gasteiger partial charge >= 0.3 is 0 Å². The number of anilines is 3.